The molecule has 3 heteroatoms. The number of hydrogen-bond donors (Lipinski definition) is 2. The molecule has 0 spiro atoms. The van der Waals surface area contributed by atoms with E-state index >= 15 is 0 Å². The van der Waals surface area contributed by atoms with E-state index in [-0.39, 0.29) is 0 Å². The zero-order chi connectivity index (χ0) is 13.2. The lowest BCUT2D eigenvalue weighted by Crippen LogP contribution is -2.37. The SMILES string of the molecule is C#CCNC(=NCc1ccccc1CC)NCC. The molecule has 0 fully saturated rings. The van der Waals surface area contributed by atoms with Gasteiger partial charge in [-0.25, -0.2) is 4.99 Å². The third-order valence-electron chi connectivity index (χ3n) is 2.61. The minimum Gasteiger partial charge on any atom is -0.357 e. The van der Waals surface area contributed by atoms with Gasteiger partial charge in [0.25, 0.3) is 0 Å². The number of terminal acetylenes is 1. The molecule has 0 saturated carbocycles. The molecule has 18 heavy (non-hydrogen) atoms. The van der Waals surface area contributed by atoms with Crippen molar-refractivity contribution in [3.63, 3.8) is 0 Å². The summed E-state index contributed by atoms with van der Waals surface area (Å²) in [6, 6.07) is 8.37. The van der Waals surface area contributed by atoms with Gasteiger partial charge in [-0.3, -0.25) is 0 Å². The second kappa shape index (κ2) is 8.19. The van der Waals surface area contributed by atoms with E-state index in [9.17, 15) is 0 Å². The van der Waals surface area contributed by atoms with Crippen LogP contribution in [0.1, 0.15) is 25.0 Å². The van der Waals surface area contributed by atoms with Crippen LogP contribution in [0.4, 0.5) is 0 Å². The number of benzene rings is 1. The zero-order valence-corrected chi connectivity index (χ0v) is 11.2. The number of nitrogens with one attached hydrogen (secondary N) is 2. The summed E-state index contributed by atoms with van der Waals surface area (Å²) in [6.07, 6.45) is 6.26. The highest BCUT2D eigenvalue weighted by Gasteiger charge is 2.00. The zero-order valence-electron chi connectivity index (χ0n) is 11.2. The van der Waals surface area contributed by atoms with E-state index < -0.39 is 0 Å². The lowest BCUT2D eigenvalue weighted by molar-refractivity contribution is 0.861. The van der Waals surface area contributed by atoms with Gasteiger partial charge in [0.2, 0.25) is 0 Å². The average Bonchev–Trinajstić information content (AvgIpc) is 2.42. The van der Waals surface area contributed by atoms with E-state index in [4.69, 9.17) is 6.42 Å². The van der Waals surface area contributed by atoms with Gasteiger partial charge in [-0.1, -0.05) is 37.1 Å². The summed E-state index contributed by atoms with van der Waals surface area (Å²) in [5.41, 5.74) is 2.60. The molecule has 0 aromatic heterocycles. The van der Waals surface area contributed by atoms with Gasteiger partial charge < -0.3 is 10.6 Å². The van der Waals surface area contributed by atoms with E-state index in [1.165, 1.54) is 11.1 Å². The lowest BCUT2D eigenvalue weighted by atomic mass is 10.1. The topological polar surface area (TPSA) is 36.4 Å². The standard InChI is InChI=1S/C15H21N3/c1-4-11-17-15(16-6-3)18-12-14-10-8-7-9-13(14)5-2/h1,7-10H,5-6,11-12H2,2-3H3,(H2,16,17,18). The first-order valence-corrected chi connectivity index (χ1v) is 6.34. The number of rotatable bonds is 5. The predicted molar refractivity (Wildman–Crippen MR) is 77.5 cm³/mol. The van der Waals surface area contributed by atoms with Gasteiger partial charge in [0, 0.05) is 6.54 Å². The Kier molecular flexibility index (Phi) is 6.42. The van der Waals surface area contributed by atoms with Crippen LogP contribution >= 0.6 is 0 Å². The number of nitrogens with zero attached hydrogens (tertiary/aromatic N) is 1. The Balaban J connectivity index is 2.71. The molecule has 0 aliphatic rings. The van der Waals surface area contributed by atoms with E-state index in [1.54, 1.807) is 0 Å². The molecule has 0 unspecified atom stereocenters. The van der Waals surface area contributed by atoms with Crippen molar-refractivity contribution in [2.45, 2.75) is 26.8 Å². The van der Waals surface area contributed by atoms with Crippen LogP contribution in [-0.4, -0.2) is 19.0 Å². The maximum Gasteiger partial charge on any atom is 0.192 e. The van der Waals surface area contributed by atoms with Crippen molar-refractivity contribution >= 4 is 5.96 Å². The summed E-state index contributed by atoms with van der Waals surface area (Å²) in [5, 5.41) is 6.25. The van der Waals surface area contributed by atoms with Crippen molar-refractivity contribution in [2.24, 2.45) is 4.99 Å². The van der Waals surface area contributed by atoms with Gasteiger partial charge in [0.05, 0.1) is 13.1 Å². The van der Waals surface area contributed by atoms with Crippen LogP contribution in [0.2, 0.25) is 0 Å². The van der Waals surface area contributed by atoms with Crippen molar-refractivity contribution in [1.29, 1.82) is 0 Å². The van der Waals surface area contributed by atoms with Crippen LogP contribution in [-0.2, 0) is 13.0 Å². The van der Waals surface area contributed by atoms with Crippen LogP contribution in [0.3, 0.4) is 0 Å². The summed E-state index contributed by atoms with van der Waals surface area (Å²) in [6.45, 7) is 6.18. The molecular formula is C15H21N3. The fourth-order valence-corrected chi connectivity index (χ4v) is 1.70. The third kappa shape index (κ3) is 4.50. The normalized spacial score (nSPS) is 10.8. The molecule has 0 bridgehead atoms. The van der Waals surface area contributed by atoms with E-state index in [0.29, 0.717) is 13.1 Å². The molecular weight excluding hydrogens is 222 g/mol. The van der Waals surface area contributed by atoms with Crippen molar-refractivity contribution in [3.05, 3.63) is 35.4 Å². The first-order chi connectivity index (χ1) is 8.81. The van der Waals surface area contributed by atoms with Crippen molar-refractivity contribution in [1.82, 2.24) is 10.6 Å². The Labute approximate surface area is 110 Å². The smallest absolute Gasteiger partial charge is 0.192 e. The maximum atomic E-state index is 5.23. The minimum atomic E-state index is 0.487. The summed E-state index contributed by atoms with van der Waals surface area (Å²) < 4.78 is 0. The van der Waals surface area contributed by atoms with Crippen LogP contribution in [0.5, 0.6) is 0 Å². The maximum absolute atomic E-state index is 5.23. The molecule has 0 atom stereocenters. The molecule has 1 aromatic rings. The summed E-state index contributed by atoms with van der Waals surface area (Å²) in [5.74, 6) is 3.31. The van der Waals surface area contributed by atoms with Gasteiger partial charge in [0.1, 0.15) is 0 Å². The number of hydrogen-bond acceptors (Lipinski definition) is 1. The van der Waals surface area contributed by atoms with E-state index in [1.807, 2.05) is 13.0 Å². The first kappa shape index (κ1) is 14.1. The summed E-state index contributed by atoms with van der Waals surface area (Å²) >= 11 is 0. The summed E-state index contributed by atoms with van der Waals surface area (Å²) in [4.78, 5) is 4.53. The molecule has 3 nitrogen and oxygen atoms in total. The first-order valence-electron chi connectivity index (χ1n) is 6.34. The molecule has 0 heterocycles. The van der Waals surface area contributed by atoms with Gasteiger partial charge >= 0.3 is 0 Å². The van der Waals surface area contributed by atoms with Crippen LogP contribution in [0.25, 0.3) is 0 Å². The Bertz CT molecular complexity index is 430. The Morgan fingerprint density at radius 1 is 1.22 bits per heavy atom. The molecule has 0 radical (unpaired) electrons. The third-order valence-corrected chi connectivity index (χ3v) is 2.61. The molecule has 1 rings (SSSR count). The highest BCUT2D eigenvalue weighted by atomic mass is 15.2. The van der Waals surface area contributed by atoms with Crippen LogP contribution in [0, 0.1) is 12.3 Å². The monoisotopic (exact) mass is 243 g/mol. The number of guanidine groups is 1. The lowest BCUT2D eigenvalue weighted by Gasteiger charge is -2.10. The van der Waals surface area contributed by atoms with Gasteiger partial charge in [-0.2, -0.15) is 0 Å². The molecule has 0 aliphatic carbocycles. The molecule has 0 amide bonds. The Hall–Kier alpha value is -1.95. The highest BCUT2D eigenvalue weighted by Crippen LogP contribution is 2.10. The van der Waals surface area contributed by atoms with Crippen LogP contribution in [0.15, 0.2) is 29.3 Å². The number of aryl methyl sites for hydroxylation is 1. The molecule has 2 N–H and O–H groups in total. The average molecular weight is 243 g/mol. The molecule has 0 aliphatic heterocycles. The van der Waals surface area contributed by atoms with Crippen LogP contribution < -0.4 is 10.6 Å². The second-order valence-corrected chi connectivity index (χ2v) is 3.88. The van der Waals surface area contributed by atoms with Crippen molar-refractivity contribution in [3.8, 4) is 12.3 Å². The van der Waals surface area contributed by atoms with Crippen molar-refractivity contribution in [2.75, 3.05) is 13.1 Å². The quantitative estimate of drug-likeness (QED) is 0.471. The fourth-order valence-electron chi connectivity index (χ4n) is 1.70. The van der Waals surface area contributed by atoms with Gasteiger partial charge in [0.15, 0.2) is 5.96 Å². The van der Waals surface area contributed by atoms with Crippen molar-refractivity contribution < 1.29 is 0 Å². The summed E-state index contributed by atoms with van der Waals surface area (Å²) in [7, 11) is 0. The molecule has 96 valence electrons. The minimum absolute atomic E-state index is 0.487. The van der Waals surface area contributed by atoms with E-state index in [2.05, 4.69) is 46.7 Å². The predicted octanol–water partition coefficient (Wildman–Crippen LogP) is 1.94. The largest absolute Gasteiger partial charge is 0.357 e. The Morgan fingerprint density at radius 3 is 2.56 bits per heavy atom. The number of aliphatic imine (C=N–C) groups is 1. The molecule has 0 saturated heterocycles. The van der Waals surface area contributed by atoms with Gasteiger partial charge in [-0.15, -0.1) is 6.42 Å². The highest BCUT2D eigenvalue weighted by molar-refractivity contribution is 5.80. The van der Waals surface area contributed by atoms with E-state index in [0.717, 1.165) is 18.9 Å². The Morgan fingerprint density at radius 2 is 1.94 bits per heavy atom. The fraction of sp³-hybridized carbons (Fsp3) is 0.400. The molecule has 1 aromatic carbocycles. The van der Waals surface area contributed by atoms with Gasteiger partial charge in [-0.05, 0) is 24.5 Å². The second-order valence-electron chi connectivity index (χ2n) is 3.88.